The molecule has 0 aliphatic carbocycles. The van der Waals surface area contributed by atoms with Gasteiger partial charge in [-0.2, -0.15) is 0 Å². The summed E-state index contributed by atoms with van der Waals surface area (Å²) < 4.78 is 5.69. The van der Waals surface area contributed by atoms with Crippen LogP contribution < -0.4 is 10.1 Å². The molecule has 1 aromatic heterocycles. The van der Waals surface area contributed by atoms with Crippen molar-refractivity contribution in [2.45, 2.75) is 20.3 Å². The van der Waals surface area contributed by atoms with Crippen molar-refractivity contribution >= 4 is 11.6 Å². The average molecular weight is 333 g/mol. The highest BCUT2D eigenvalue weighted by molar-refractivity contribution is 6.04. The molecule has 2 aromatic carbocycles. The molecule has 1 heterocycles. The minimum atomic E-state index is -0.159. The summed E-state index contributed by atoms with van der Waals surface area (Å²) in [6.07, 6.45) is 4.18. The van der Waals surface area contributed by atoms with Crippen LogP contribution in [0.25, 0.3) is 0 Å². The first-order valence-corrected chi connectivity index (χ1v) is 8.11. The van der Waals surface area contributed by atoms with Crippen molar-refractivity contribution in [3.63, 3.8) is 0 Å². The molecule has 1 amide bonds. The van der Waals surface area contributed by atoms with E-state index in [0.717, 1.165) is 12.0 Å². The van der Waals surface area contributed by atoms with Crippen molar-refractivity contribution < 1.29 is 9.53 Å². The monoisotopic (exact) mass is 333 g/mol. The van der Waals surface area contributed by atoms with Gasteiger partial charge in [-0.15, -0.1) is 0 Å². The summed E-state index contributed by atoms with van der Waals surface area (Å²) in [5, 5.41) is 2.89. The zero-order valence-corrected chi connectivity index (χ0v) is 14.2. The smallest absolute Gasteiger partial charge is 0.321 e. The maximum atomic E-state index is 12.4. The molecule has 1 N–H and O–H groups in total. The van der Waals surface area contributed by atoms with Crippen LogP contribution in [0.3, 0.4) is 0 Å². The van der Waals surface area contributed by atoms with Crippen LogP contribution in [0.2, 0.25) is 0 Å². The van der Waals surface area contributed by atoms with E-state index < -0.39 is 0 Å². The molecular weight excluding hydrogens is 314 g/mol. The van der Waals surface area contributed by atoms with E-state index in [0.29, 0.717) is 17.0 Å². The molecule has 0 atom stereocenters. The third-order valence-electron chi connectivity index (χ3n) is 3.81. The highest BCUT2D eigenvalue weighted by atomic mass is 16.5. The number of hydrogen-bond donors (Lipinski definition) is 1. The molecule has 126 valence electrons. The number of anilines is 1. The third kappa shape index (κ3) is 4.20. The molecule has 0 fully saturated rings. The summed E-state index contributed by atoms with van der Waals surface area (Å²) in [5.74, 6) is 0.443. The molecule has 0 aliphatic rings. The molecule has 3 rings (SSSR count). The van der Waals surface area contributed by atoms with E-state index in [9.17, 15) is 4.79 Å². The number of amides is 1. The second kappa shape index (κ2) is 7.57. The van der Waals surface area contributed by atoms with Gasteiger partial charge in [0.25, 0.3) is 5.91 Å². The summed E-state index contributed by atoms with van der Waals surface area (Å²) in [6, 6.07) is 15.1. The van der Waals surface area contributed by atoms with Gasteiger partial charge in [-0.05, 0) is 48.7 Å². The number of rotatable bonds is 5. The predicted octanol–water partition coefficient (Wildman–Crippen LogP) is 4.39. The minimum Gasteiger partial charge on any atom is -0.424 e. The van der Waals surface area contributed by atoms with Gasteiger partial charge in [-0.1, -0.05) is 25.1 Å². The molecule has 0 spiro atoms. The number of aryl methyl sites for hydroxylation is 2. The number of aromatic nitrogens is 2. The van der Waals surface area contributed by atoms with Gasteiger partial charge >= 0.3 is 6.01 Å². The average Bonchev–Trinajstić information content (AvgIpc) is 2.65. The summed E-state index contributed by atoms with van der Waals surface area (Å²) >= 11 is 0. The van der Waals surface area contributed by atoms with E-state index in [-0.39, 0.29) is 11.9 Å². The topological polar surface area (TPSA) is 64.1 Å². The highest BCUT2D eigenvalue weighted by Crippen LogP contribution is 2.26. The van der Waals surface area contributed by atoms with Crippen LogP contribution in [0.1, 0.15) is 28.4 Å². The number of benzene rings is 2. The Kier molecular flexibility index (Phi) is 5.04. The fraction of sp³-hybridized carbons (Fsp3) is 0.150. The van der Waals surface area contributed by atoms with Gasteiger partial charge in [-0.25, -0.2) is 9.97 Å². The lowest BCUT2D eigenvalue weighted by atomic mass is 10.1. The Bertz CT molecular complexity index is 862. The predicted molar refractivity (Wildman–Crippen MR) is 97.1 cm³/mol. The van der Waals surface area contributed by atoms with Gasteiger partial charge < -0.3 is 10.1 Å². The Morgan fingerprint density at radius 2 is 1.80 bits per heavy atom. The molecule has 25 heavy (non-hydrogen) atoms. The van der Waals surface area contributed by atoms with Gasteiger partial charge in [0.1, 0.15) is 5.75 Å². The number of nitrogens with zero attached hydrogens (tertiary/aromatic N) is 2. The van der Waals surface area contributed by atoms with Gasteiger partial charge in [0.15, 0.2) is 0 Å². The van der Waals surface area contributed by atoms with Crippen LogP contribution in [0, 0.1) is 6.92 Å². The molecule has 0 unspecified atom stereocenters. The van der Waals surface area contributed by atoms with Gasteiger partial charge in [0.2, 0.25) is 0 Å². The molecule has 0 aliphatic heterocycles. The van der Waals surface area contributed by atoms with Crippen molar-refractivity contribution in [1.29, 1.82) is 0 Å². The SMILES string of the molecule is CCc1ccc(C(=O)Nc2ccc(C)c(Oc3ncccn3)c2)cc1. The Balaban J connectivity index is 1.76. The normalized spacial score (nSPS) is 10.3. The molecule has 0 saturated carbocycles. The van der Waals surface area contributed by atoms with Gasteiger partial charge in [0.05, 0.1) is 0 Å². The van der Waals surface area contributed by atoms with Crippen LogP contribution in [0.5, 0.6) is 11.8 Å². The zero-order chi connectivity index (χ0) is 17.6. The summed E-state index contributed by atoms with van der Waals surface area (Å²) in [7, 11) is 0. The van der Waals surface area contributed by atoms with Crippen molar-refractivity contribution in [2.24, 2.45) is 0 Å². The number of nitrogens with one attached hydrogen (secondary N) is 1. The summed E-state index contributed by atoms with van der Waals surface area (Å²) in [6.45, 7) is 4.01. The first-order valence-electron chi connectivity index (χ1n) is 8.11. The van der Waals surface area contributed by atoms with Crippen molar-refractivity contribution in [1.82, 2.24) is 9.97 Å². The summed E-state index contributed by atoms with van der Waals surface area (Å²) in [5.41, 5.74) is 3.40. The molecule has 3 aromatic rings. The molecule has 0 bridgehead atoms. The molecular formula is C20H19N3O2. The lowest BCUT2D eigenvalue weighted by molar-refractivity contribution is 0.102. The first-order chi connectivity index (χ1) is 12.2. The van der Waals surface area contributed by atoms with Gasteiger partial charge in [0, 0.05) is 29.7 Å². The fourth-order valence-electron chi connectivity index (χ4n) is 2.32. The maximum absolute atomic E-state index is 12.4. The number of carbonyl (C=O) groups excluding carboxylic acids is 1. The van der Waals surface area contributed by atoms with E-state index >= 15 is 0 Å². The summed E-state index contributed by atoms with van der Waals surface area (Å²) in [4.78, 5) is 20.5. The maximum Gasteiger partial charge on any atom is 0.321 e. The van der Waals surface area contributed by atoms with Crippen molar-refractivity contribution in [3.8, 4) is 11.8 Å². The molecule has 0 radical (unpaired) electrons. The number of carbonyl (C=O) groups is 1. The van der Waals surface area contributed by atoms with Crippen LogP contribution >= 0.6 is 0 Å². The number of ether oxygens (including phenoxy) is 1. The fourth-order valence-corrected chi connectivity index (χ4v) is 2.32. The zero-order valence-electron chi connectivity index (χ0n) is 14.2. The standard InChI is InChI=1S/C20H19N3O2/c1-3-15-6-8-16(9-7-15)19(24)23-17-10-5-14(2)18(13-17)25-20-21-11-4-12-22-20/h4-13H,3H2,1-2H3,(H,23,24). The second-order valence-corrected chi connectivity index (χ2v) is 5.62. The van der Waals surface area contributed by atoms with Crippen molar-refractivity contribution in [3.05, 3.63) is 77.6 Å². The lowest BCUT2D eigenvalue weighted by Gasteiger charge is -2.10. The van der Waals surface area contributed by atoms with Crippen LogP contribution in [-0.4, -0.2) is 15.9 Å². The largest absolute Gasteiger partial charge is 0.424 e. The Labute approximate surface area is 146 Å². The van der Waals surface area contributed by atoms with E-state index in [2.05, 4.69) is 22.2 Å². The van der Waals surface area contributed by atoms with E-state index in [1.165, 1.54) is 5.56 Å². The molecule has 5 heteroatoms. The third-order valence-corrected chi connectivity index (χ3v) is 3.81. The quantitative estimate of drug-likeness (QED) is 0.752. The lowest BCUT2D eigenvalue weighted by Crippen LogP contribution is -2.12. The molecule has 0 saturated heterocycles. The van der Waals surface area contributed by atoms with Crippen LogP contribution in [0.4, 0.5) is 5.69 Å². The molecule has 5 nitrogen and oxygen atoms in total. The Morgan fingerprint density at radius 3 is 2.48 bits per heavy atom. The van der Waals surface area contributed by atoms with E-state index in [1.54, 1.807) is 24.5 Å². The van der Waals surface area contributed by atoms with E-state index in [4.69, 9.17) is 4.74 Å². The Morgan fingerprint density at radius 1 is 1.08 bits per heavy atom. The first kappa shape index (κ1) is 16.6. The highest BCUT2D eigenvalue weighted by Gasteiger charge is 2.09. The minimum absolute atomic E-state index is 0.159. The van der Waals surface area contributed by atoms with Gasteiger partial charge in [-0.3, -0.25) is 4.79 Å². The van der Waals surface area contributed by atoms with Crippen LogP contribution in [-0.2, 0) is 6.42 Å². The van der Waals surface area contributed by atoms with E-state index in [1.807, 2.05) is 43.3 Å². The number of hydrogen-bond acceptors (Lipinski definition) is 4. The van der Waals surface area contributed by atoms with Crippen LogP contribution in [0.15, 0.2) is 60.9 Å². The Hall–Kier alpha value is -3.21. The van der Waals surface area contributed by atoms with Crippen molar-refractivity contribution in [2.75, 3.05) is 5.32 Å². The second-order valence-electron chi connectivity index (χ2n) is 5.62.